The average Bonchev–Trinajstić information content (AvgIpc) is 3.58. The lowest BCUT2D eigenvalue weighted by Crippen LogP contribution is -2.27. The quantitative estimate of drug-likeness (QED) is 0.0968. The Morgan fingerprint density at radius 1 is 0.895 bits per heavy atom. The largest absolute Gasteiger partial charge is 0.449 e. The summed E-state index contributed by atoms with van der Waals surface area (Å²) >= 11 is 0. The number of pyridine rings is 1. The molecule has 2 atom stereocenters. The van der Waals surface area contributed by atoms with Crippen molar-refractivity contribution in [2.75, 3.05) is 64.8 Å². The summed E-state index contributed by atoms with van der Waals surface area (Å²) in [5.41, 5.74) is 2.89. The lowest BCUT2D eigenvalue weighted by atomic mass is 10.1. The monoisotopic (exact) mass is 531 g/mol. The number of anilines is 1. The molecule has 1 heterocycles. The fraction of sp³-hybridized carbons (Fsp3) is 0.667. The Morgan fingerprint density at radius 2 is 1.50 bits per heavy atom. The molecule has 11 nitrogen and oxygen atoms in total. The van der Waals surface area contributed by atoms with Gasteiger partial charge in [-0.15, -0.1) is 11.8 Å². The molecular formula is C27H41N5O6. The lowest BCUT2D eigenvalue weighted by molar-refractivity contribution is 0.0138. The number of fused-ring (bicyclic) bond motifs is 1. The number of alkyl carbamates (subject to hydrolysis) is 1. The minimum Gasteiger partial charge on any atom is -0.449 e. The summed E-state index contributed by atoms with van der Waals surface area (Å²) in [6.07, 6.45) is 6.73. The summed E-state index contributed by atoms with van der Waals surface area (Å²) in [7, 11) is 0. The van der Waals surface area contributed by atoms with Crippen LogP contribution in [0.1, 0.15) is 48.9 Å². The molecule has 0 aromatic carbocycles. The van der Waals surface area contributed by atoms with Gasteiger partial charge in [0, 0.05) is 45.3 Å². The molecule has 11 heteroatoms. The molecule has 0 spiro atoms. The van der Waals surface area contributed by atoms with E-state index in [1.165, 1.54) is 6.20 Å². The van der Waals surface area contributed by atoms with Crippen molar-refractivity contribution >= 4 is 17.8 Å². The van der Waals surface area contributed by atoms with Gasteiger partial charge in [0.1, 0.15) is 5.82 Å². The van der Waals surface area contributed by atoms with E-state index in [2.05, 4.69) is 32.9 Å². The van der Waals surface area contributed by atoms with E-state index < -0.39 is 0 Å². The van der Waals surface area contributed by atoms with Crippen LogP contribution in [0.2, 0.25) is 0 Å². The molecule has 2 aliphatic rings. The van der Waals surface area contributed by atoms with Crippen LogP contribution in [0.15, 0.2) is 18.3 Å². The summed E-state index contributed by atoms with van der Waals surface area (Å²) in [6.45, 7) is 4.54. The smallest absolute Gasteiger partial charge is 0.407 e. The summed E-state index contributed by atoms with van der Waals surface area (Å²) in [6, 6.07) is 3.29. The van der Waals surface area contributed by atoms with Crippen LogP contribution in [-0.2, 0) is 18.9 Å². The zero-order valence-corrected chi connectivity index (χ0v) is 22.0. The van der Waals surface area contributed by atoms with E-state index in [-0.39, 0.29) is 12.0 Å². The first-order valence-corrected chi connectivity index (χ1v) is 13.5. The van der Waals surface area contributed by atoms with Crippen LogP contribution in [0, 0.1) is 29.6 Å². The van der Waals surface area contributed by atoms with Gasteiger partial charge in [0.25, 0.3) is 5.91 Å². The number of hydrogen-bond acceptors (Lipinski definition) is 9. The Labute approximate surface area is 224 Å². The second kappa shape index (κ2) is 17.6. The number of nitrogen functional groups attached to an aromatic ring is 1. The van der Waals surface area contributed by atoms with E-state index in [1.807, 2.05) is 0 Å². The van der Waals surface area contributed by atoms with Crippen molar-refractivity contribution in [1.82, 2.24) is 15.6 Å². The van der Waals surface area contributed by atoms with Crippen LogP contribution in [0.3, 0.4) is 0 Å². The molecule has 0 aliphatic heterocycles. The van der Waals surface area contributed by atoms with Gasteiger partial charge >= 0.3 is 6.09 Å². The normalized spacial score (nSPS) is 19.7. The van der Waals surface area contributed by atoms with E-state index in [4.69, 9.17) is 24.8 Å². The van der Waals surface area contributed by atoms with Crippen molar-refractivity contribution < 1.29 is 28.5 Å². The van der Waals surface area contributed by atoms with Crippen molar-refractivity contribution in [3.05, 3.63) is 23.9 Å². The third-order valence-corrected chi connectivity index (χ3v) is 6.65. The summed E-state index contributed by atoms with van der Waals surface area (Å²) < 4.78 is 21.9. The number of aromatic nitrogens is 1. The molecule has 2 aliphatic carbocycles. The van der Waals surface area contributed by atoms with Gasteiger partial charge in [0.15, 0.2) is 0 Å². The van der Waals surface area contributed by atoms with Crippen LogP contribution in [0.4, 0.5) is 10.6 Å². The minimum atomic E-state index is -0.348. The molecule has 5 N–H and O–H groups in total. The number of carbonyl (C=O) groups is 2. The molecule has 1 fully saturated rings. The first kappa shape index (κ1) is 29.6. The maximum atomic E-state index is 12.0. The highest BCUT2D eigenvalue weighted by molar-refractivity contribution is 5.94. The second-order valence-corrected chi connectivity index (χ2v) is 9.32. The highest BCUT2D eigenvalue weighted by Gasteiger charge is 2.49. The first-order chi connectivity index (χ1) is 18.7. The van der Waals surface area contributed by atoms with E-state index in [1.54, 1.807) is 12.1 Å². The molecule has 0 saturated heterocycles. The number of nitrogens with one attached hydrogen (secondary N) is 3. The van der Waals surface area contributed by atoms with Crippen molar-refractivity contribution in [1.29, 1.82) is 0 Å². The maximum Gasteiger partial charge on any atom is 0.407 e. The maximum absolute atomic E-state index is 12.0. The fourth-order valence-electron chi connectivity index (χ4n) is 4.50. The number of ether oxygens (including phenoxy) is 4. The van der Waals surface area contributed by atoms with Crippen LogP contribution >= 0.6 is 0 Å². The molecule has 1 aromatic rings. The van der Waals surface area contributed by atoms with Crippen molar-refractivity contribution in [2.45, 2.75) is 38.5 Å². The molecule has 38 heavy (non-hydrogen) atoms. The highest BCUT2D eigenvalue weighted by Crippen LogP contribution is 2.52. The number of nitrogens with two attached hydrogens (primary N) is 1. The van der Waals surface area contributed by atoms with Crippen LogP contribution in [0.5, 0.6) is 0 Å². The van der Waals surface area contributed by atoms with E-state index in [9.17, 15) is 9.59 Å². The van der Waals surface area contributed by atoms with Gasteiger partial charge in [-0.05, 0) is 55.6 Å². The number of amides is 2. The average molecular weight is 532 g/mol. The summed E-state index contributed by atoms with van der Waals surface area (Å²) in [5, 5.41) is 5.60. The standard InChI is InChI=1S/C27H41N5O6/c28-32-25-10-9-21(19-31-25)26(33)29-11-5-13-35-15-17-37-18-16-36-14-6-12-30-27(34)38-20-24-22-7-3-1-2-4-8-23(22)24/h9-10,19,22-24H,3-8,11-18,20,28H2,(H,29,33)(H,30,34)(H,31,32). The van der Waals surface area contributed by atoms with E-state index >= 15 is 0 Å². The van der Waals surface area contributed by atoms with Gasteiger partial charge in [0.05, 0.1) is 38.6 Å². The highest BCUT2D eigenvalue weighted by atomic mass is 16.6. The van der Waals surface area contributed by atoms with E-state index in [0.29, 0.717) is 101 Å². The molecule has 2 amide bonds. The second-order valence-electron chi connectivity index (χ2n) is 9.32. The van der Waals surface area contributed by atoms with E-state index in [0.717, 1.165) is 25.7 Å². The summed E-state index contributed by atoms with van der Waals surface area (Å²) in [4.78, 5) is 27.9. The SMILES string of the molecule is NNc1ccc(C(=O)NCCCOCCOCCOCCCNC(=O)OCC2C3CCC#CCCC32)cn1. The van der Waals surface area contributed by atoms with Crippen molar-refractivity contribution in [2.24, 2.45) is 23.6 Å². The number of hydrogen-bond donors (Lipinski definition) is 4. The molecule has 210 valence electrons. The van der Waals surface area contributed by atoms with Gasteiger partial charge < -0.3 is 35.0 Å². The fourth-order valence-corrected chi connectivity index (χ4v) is 4.50. The molecular weight excluding hydrogens is 490 g/mol. The Bertz CT molecular complexity index is 885. The molecule has 3 rings (SSSR count). The Morgan fingerprint density at radius 3 is 2.08 bits per heavy atom. The zero-order valence-electron chi connectivity index (χ0n) is 22.0. The van der Waals surface area contributed by atoms with Gasteiger partial charge in [-0.25, -0.2) is 15.6 Å². The molecule has 2 unspecified atom stereocenters. The number of hydrazine groups is 1. The molecule has 1 aromatic heterocycles. The van der Waals surface area contributed by atoms with Gasteiger partial charge in [0.2, 0.25) is 0 Å². The topological polar surface area (TPSA) is 146 Å². The Balaban J connectivity index is 1.03. The van der Waals surface area contributed by atoms with Gasteiger partial charge in [-0.1, -0.05) is 0 Å². The lowest BCUT2D eigenvalue weighted by Gasteiger charge is -2.09. The zero-order chi connectivity index (χ0) is 26.8. The van der Waals surface area contributed by atoms with Crippen molar-refractivity contribution in [3.8, 4) is 11.8 Å². The van der Waals surface area contributed by atoms with Gasteiger partial charge in [-0.3, -0.25) is 4.79 Å². The molecule has 0 radical (unpaired) electrons. The van der Waals surface area contributed by atoms with Gasteiger partial charge in [-0.2, -0.15) is 0 Å². The third-order valence-electron chi connectivity index (χ3n) is 6.65. The predicted molar refractivity (Wildman–Crippen MR) is 142 cm³/mol. The Kier molecular flexibility index (Phi) is 13.7. The third kappa shape index (κ3) is 11.2. The first-order valence-electron chi connectivity index (χ1n) is 13.5. The predicted octanol–water partition coefficient (Wildman–Crippen LogP) is 2.09. The van der Waals surface area contributed by atoms with Crippen LogP contribution in [-0.4, -0.2) is 76.3 Å². The number of nitrogens with zero attached hydrogens (tertiary/aromatic N) is 1. The van der Waals surface area contributed by atoms with Crippen molar-refractivity contribution in [3.63, 3.8) is 0 Å². The minimum absolute atomic E-state index is 0.187. The Hall–Kier alpha value is -2.91. The summed E-state index contributed by atoms with van der Waals surface area (Å²) in [5.74, 6) is 13.8. The van der Waals surface area contributed by atoms with Crippen LogP contribution in [0.25, 0.3) is 0 Å². The number of carbonyl (C=O) groups excluding carboxylic acids is 2. The number of rotatable bonds is 18. The molecule has 0 bridgehead atoms. The molecule has 1 saturated carbocycles. The van der Waals surface area contributed by atoms with Crippen LogP contribution < -0.4 is 21.9 Å².